The molecule has 3 heterocycles. The fraction of sp³-hybridized carbons (Fsp3) is 0.455. The predicted octanol–water partition coefficient (Wildman–Crippen LogP) is 0.500. The van der Waals surface area contributed by atoms with Crippen molar-refractivity contribution in [3.05, 3.63) is 24.2 Å². The predicted molar refractivity (Wildman–Crippen MR) is 59.6 cm³/mol. The third-order valence-electron chi connectivity index (χ3n) is 3.03. The molecule has 5 nitrogen and oxygen atoms in total. The standard InChI is InChI=1S/C11H14N4O/c1-16-9-3-2-4-15-10(13-14-11(9)15)5-8-6-12-7-8/h2-4,8,12H,5-7H2,1H3. The van der Waals surface area contributed by atoms with Gasteiger partial charge in [0.2, 0.25) is 5.65 Å². The molecule has 0 amide bonds. The van der Waals surface area contributed by atoms with Crippen LogP contribution in [0, 0.1) is 5.92 Å². The Balaban J connectivity index is 1.99. The number of nitrogens with one attached hydrogen (secondary N) is 1. The fourth-order valence-corrected chi connectivity index (χ4v) is 1.99. The van der Waals surface area contributed by atoms with Crippen LogP contribution in [0.15, 0.2) is 18.3 Å². The molecule has 0 atom stereocenters. The lowest BCUT2D eigenvalue weighted by Gasteiger charge is -2.26. The van der Waals surface area contributed by atoms with Gasteiger partial charge in [0.25, 0.3) is 0 Å². The van der Waals surface area contributed by atoms with Crippen LogP contribution in [0.5, 0.6) is 5.75 Å². The van der Waals surface area contributed by atoms with Gasteiger partial charge in [-0.3, -0.25) is 4.40 Å². The number of aromatic nitrogens is 3. The van der Waals surface area contributed by atoms with Gasteiger partial charge in [0.1, 0.15) is 5.82 Å². The Hall–Kier alpha value is -1.62. The van der Waals surface area contributed by atoms with Crippen molar-refractivity contribution in [3.63, 3.8) is 0 Å². The molecule has 1 aliphatic heterocycles. The highest BCUT2D eigenvalue weighted by Gasteiger charge is 2.20. The van der Waals surface area contributed by atoms with Crippen LogP contribution >= 0.6 is 0 Å². The summed E-state index contributed by atoms with van der Waals surface area (Å²) in [4.78, 5) is 0. The Morgan fingerprint density at radius 2 is 2.38 bits per heavy atom. The van der Waals surface area contributed by atoms with Crippen LogP contribution in [-0.4, -0.2) is 34.8 Å². The first-order valence-corrected chi connectivity index (χ1v) is 5.46. The van der Waals surface area contributed by atoms with E-state index in [1.165, 1.54) is 0 Å². The summed E-state index contributed by atoms with van der Waals surface area (Å²) < 4.78 is 7.26. The maximum atomic E-state index is 5.25. The van der Waals surface area contributed by atoms with Crippen molar-refractivity contribution in [2.24, 2.45) is 5.92 Å². The second-order valence-electron chi connectivity index (χ2n) is 4.11. The van der Waals surface area contributed by atoms with Gasteiger partial charge in [0.15, 0.2) is 5.75 Å². The minimum Gasteiger partial charge on any atom is -0.493 e. The average Bonchev–Trinajstić information content (AvgIpc) is 2.66. The summed E-state index contributed by atoms with van der Waals surface area (Å²) in [5.41, 5.74) is 0.798. The van der Waals surface area contributed by atoms with Gasteiger partial charge in [-0.1, -0.05) is 0 Å². The SMILES string of the molecule is COc1cccn2c(CC3CNC3)nnc12. The zero-order valence-corrected chi connectivity index (χ0v) is 9.18. The van der Waals surface area contributed by atoms with Crippen molar-refractivity contribution >= 4 is 5.65 Å². The zero-order valence-electron chi connectivity index (χ0n) is 9.18. The van der Waals surface area contributed by atoms with Gasteiger partial charge >= 0.3 is 0 Å². The molecule has 0 spiro atoms. The van der Waals surface area contributed by atoms with E-state index in [1.54, 1.807) is 7.11 Å². The van der Waals surface area contributed by atoms with Gasteiger partial charge in [-0.25, -0.2) is 0 Å². The number of ether oxygens (including phenoxy) is 1. The zero-order chi connectivity index (χ0) is 11.0. The number of pyridine rings is 1. The first-order chi connectivity index (χ1) is 7.88. The Kier molecular flexibility index (Phi) is 2.25. The largest absolute Gasteiger partial charge is 0.493 e. The number of fused-ring (bicyclic) bond motifs is 1. The molecule has 3 rings (SSSR count). The lowest BCUT2D eigenvalue weighted by molar-refractivity contribution is 0.340. The molecule has 0 radical (unpaired) electrons. The summed E-state index contributed by atoms with van der Waals surface area (Å²) >= 11 is 0. The maximum Gasteiger partial charge on any atom is 0.203 e. The normalized spacial score (nSPS) is 16.3. The second-order valence-corrected chi connectivity index (χ2v) is 4.11. The minimum absolute atomic E-state index is 0.693. The average molecular weight is 218 g/mol. The lowest BCUT2D eigenvalue weighted by Crippen LogP contribution is -2.43. The molecule has 5 heteroatoms. The Morgan fingerprint density at radius 1 is 1.50 bits per heavy atom. The molecule has 0 bridgehead atoms. The number of nitrogens with zero attached hydrogens (tertiary/aromatic N) is 3. The van der Waals surface area contributed by atoms with E-state index in [2.05, 4.69) is 15.5 Å². The molecule has 0 saturated carbocycles. The summed E-state index contributed by atoms with van der Waals surface area (Å²) in [7, 11) is 1.65. The highest BCUT2D eigenvalue weighted by atomic mass is 16.5. The molecule has 16 heavy (non-hydrogen) atoms. The highest BCUT2D eigenvalue weighted by molar-refractivity contribution is 5.53. The van der Waals surface area contributed by atoms with Crippen molar-refractivity contribution < 1.29 is 4.74 Å². The molecular weight excluding hydrogens is 204 g/mol. The minimum atomic E-state index is 0.693. The molecule has 1 aliphatic rings. The van der Waals surface area contributed by atoms with Gasteiger partial charge in [-0.15, -0.1) is 10.2 Å². The Bertz CT molecular complexity index is 504. The lowest BCUT2D eigenvalue weighted by atomic mass is 9.99. The molecule has 1 saturated heterocycles. The number of methoxy groups -OCH3 is 1. The van der Waals surface area contributed by atoms with Crippen LogP contribution in [0.4, 0.5) is 0 Å². The van der Waals surface area contributed by atoms with E-state index in [0.717, 1.165) is 36.7 Å². The van der Waals surface area contributed by atoms with Gasteiger partial charge < -0.3 is 10.1 Å². The van der Waals surface area contributed by atoms with E-state index in [4.69, 9.17) is 4.74 Å². The molecule has 1 fully saturated rings. The quantitative estimate of drug-likeness (QED) is 0.815. The van der Waals surface area contributed by atoms with E-state index in [9.17, 15) is 0 Å². The van der Waals surface area contributed by atoms with Gasteiger partial charge in [-0.2, -0.15) is 0 Å². The molecule has 1 N–H and O–H groups in total. The smallest absolute Gasteiger partial charge is 0.203 e. The summed E-state index contributed by atoms with van der Waals surface area (Å²) in [6, 6.07) is 3.86. The fourth-order valence-electron chi connectivity index (χ4n) is 1.99. The third-order valence-corrected chi connectivity index (χ3v) is 3.03. The Labute approximate surface area is 93.4 Å². The summed E-state index contributed by atoms with van der Waals surface area (Å²) in [5, 5.41) is 11.7. The summed E-state index contributed by atoms with van der Waals surface area (Å²) in [6.07, 6.45) is 2.96. The van der Waals surface area contributed by atoms with E-state index in [0.29, 0.717) is 5.92 Å². The van der Waals surface area contributed by atoms with Crippen molar-refractivity contribution in [1.82, 2.24) is 19.9 Å². The molecule has 84 valence electrons. The third kappa shape index (κ3) is 1.44. The second kappa shape index (κ2) is 3.75. The maximum absolute atomic E-state index is 5.25. The van der Waals surface area contributed by atoms with E-state index >= 15 is 0 Å². The van der Waals surface area contributed by atoms with E-state index in [-0.39, 0.29) is 0 Å². The van der Waals surface area contributed by atoms with Crippen LogP contribution in [0.2, 0.25) is 0 Å². The van der Waals surface area contributed by atoms with Crippen molar-refractivity contribution in [3.8, 4) is 5.75 Å². The monoisotopic (exact) mass is 218 g/mol. The van der Waals surface area contributed by atoms with Crippen LogP contribution in [0.3, 0.4) is 0 Å². The van der Waals surface area contributed by atoms with Crippen LogP contribution in [-0.2, 0) is 6.42 Å². The molecular formula is C11H14N4O. The number of hydrogen-bond acceptors (Lipinski definition) is 4. The molecule has 0 aliphatic carbocycles. The molecule has 2 aromatic heterocycles. The molecule has 0 unspecified atom stereocenters. The van der Waals surface area contributed by atoms with Crippen LogP contribution in [0.1, 0.15) is 5.82 Å². The van der Waals surface area contributed by atoms with Crippen LogP contribution in [0.25, 0.3) is 5.65 Å². The van der Waals surface area contributed by atoms with Gasteiger partial charge in [-0.05, 0) is 31.1 Å². The van der Waals surface area contributed by atoms with E-state index in [1.807, 2.05) is 22.7 Å². The van der Waals surface area contributed by atoms with E-state index < -0.39 is 0 Å². The number of hydrogen-bond donors (Lipinski definition) is 1. The number of rotatable bonds is 3. The van der Waals surface area contributed by atoms with Gasteiger partial charge in [0.05, 0.1) is 7.11 Å². The molecule has 0 aromatic carbocycles. The van der Waals surface area contributed by atoms with Gasteiger partial charge in [0, 0.05) is 12.6 Å². The first kappa shape index (κ1) is 9.59. The highest BCUT2D eigenvalue weighted by Crippen LogP contribution is 2.19. The Morgan fingerprint density at radius 3 is 3.06 bits per heavy atom. The van der Waals surface area contributed by atoms with Crippen molar-refractivity contribution in [2.45, 2.75) is 6.42 Å². The topological polar surface area (TPSA) is 51.5 Å². The van der Waals surface area contributed by atoms with Crippen molar-refractivity contribution in [1.29, 1.82) is 0 Å². The first-order valence-electron chi connectivity index (χ1n) is 5.46. The summed E-state index contributed by atoms with van der Waals surface area (Å²) in [6.45, 7) is 2.16. The van der Waals surface area contributed by atoms with Crippen LogP contribution < -0.4 is 10.1 Å². The van der Waals surface area contributed by atoms with Crippen molar-refractivity contribution in [2.75, 3.05) is 20.2 Å². The summed E-state index contributed by atoms with van der Waals surface area (Å²) in [5.74, 6) is 2.48. The molecule has 2 aromatic rings.